The van der Waals surface area contributed by atoms with Crippen molar-refractivity contribution in [2.75, 3.05) is 0 Å². The molecular weight excluding hydrogens is 316 g/mol. The van der Waals surface area contributed by atoms with E-state index >= 15 is 0 Å². The molecule has 1 N–H and O–H groups in total. The van der Waals surface area contributed by atoms with E-state index in [1.54, 1.807) is 12.1 Å². The van der Waals surface area contributed by atoms with Crippen LogP contribution in [0.1, 0.15) is 22.8 Å². The number of pyridine rings is 1. The number of para-hydroxylation sites is 1. The van der Waals surface area contributed by atoms with E-state index in [1.165, 1.54) is 10.5 Å². The van der Waals surface area contributed by atoms with Crippen LogP contribution in [-0.4, -0.2) is 15.8 Å². The SMILES string of the molecule is Oc1cccc(C2=Nc3ccccc3SC(c3ccncc3)C2)c1. The second-order valence-corrected chi connectivity index (χ2v) is 6.91. The Labute approximate surface area is 145 Å². The van der Waals surface area contributed by atoms with Crippen LogP contribution in [0.4, 0.5) is 5.69 Å². The molecule has 1 aromatic heterocycles. The van der Waals surface area contributed by atoms with Crippen molar-refractivity contribution in [2.24, 2.45) is 4.99 Å². The maximum Gasteiger partial charge on any atom is 0.116 e. The highest BCUT2D eigenvalue weighted by Gasteiger charge is 2.22. The van der Waals surface area contributed by atoms with Crippen LogP contribution in [0.25, 0.3) is 0 Å². The second kappa shape index (κ2) is 6.49. The first kappa shape index (κ1) is 15.0. The van der Waals surface area contributed by atoms with Crippen LogP contribution in [0.3, 0.4) is 0 Å². The van der Waals surface area contributed by atoms with Gasteiger partial charge in [-0.15, -0.1) is 11.8 Å². The van der Waals surface area contributed by atoms with Gasteiger partial charge in [-0.25, -0.2) is 0 Å². The summed E-state index contributed by atoms with van der Waals surface area (Å²) in [6.45, 7) is 0. The Morgan fingerprint density at radius 1 is 0.958 bits per heavy atom. The van der Waals surface area contributed by atoms with Gasteiger partial charge < -0.3 is 5.11 Å². The van der Waals surface area contributed by atoms with Gasteiger partial charge in [0, 0.05) is 34.7 Å². The predicted octanol–water partition coefficient (Wildman–Crippen LogP) is 5.15. The van der Waals surface area contributed by atoms with E-state index in [0.29, 0.717) is 0 Å². The molecule has 4 heteroatoms. The van der Waals surface area contributed by atoms with E-state index in [4.69, 9.17) is 4.99 Å². The lowest BCUT2D eigenvalue weighted by Gasteiger charge is -2.16. The number of aliphatic imine (C=N–C) groups is 1. The molecule has 1 atom stereocenters. The molecule has 0 amide bonds. The van der Waals surface area contributed by atoms with Crippen molar-refractivity contribution < 1.29 is 5.11 Å². The fourth-order valence-corrected chi connectivity index (χ4v) is 4.08. The number of hydrogen-bond donors (Lipinski definition) is 1. The Bertz CT molecular complexity index is 893. The van der Waals surface area contributed by atoms with Crippen molar-refractivity contribution in [2.45, 2.75) is 16.6 Å². The van der Waals surface area contributed by atoms with Crippen molar-refractivity contribution in [3.8, 4) is 5.75 Å². The first-order valence-corrected chi connectivity index (χ1v) is 8.70. The summed E-state index contributed by atoms with van der Waals surface area (Å²) in [4.78, 5) is 10.2. The summed E-state index contributed by atoms with van der Waals surface area (Å²) in [5, 5.41) is 10.1. The molecule has 1 unspecified atom stereocenters. The van der Waals surface area contributed by atoms with Crippen molar-refractivity contribution in [1.82, 2.24) is 4.98 Å². The molecule has 1 aliphatic rings. The molecule has 1 aliphatic heterocycles. The molecule has 0 bridgehead atoms. The highest BCUT2D eigenvalue weighted by Crippen LogP contribution is 2.45. The van der Waals surface area contributed by atoms with Gasteiger partial charge in [0.25, 0.3) is 0 Å². The van der Waals surface area contributed by atoms with Crippen LogP contribution < -0.4 is 0 Å². The summed E-state index contributed by atoms with van der Waals surface area (Å²) >= 11 is 1.83. The van der Waals surface area contributed by atoms with Gasteiger partial charge in [0.05, 0.1) is 5.69 Å². The summed E-state index contributed by atoms with van der Waals surface area (Å²) in [5.74, 6) is 0.265. The quantitative estimate of drug-likeness (QED) is 0.706. The lowest BCUT2D eigenvalue weighted by molar-refractivity contribution is 0.475. The van der Waals surface area contributed by atoms with E-state index in [9.17, 15) is 5.11 Å². The third-order valence-electron chi connectivity index (χ3n) is 4.03. The number of hydrogen-bond acceptors (Lipinski definition) is 4. The highest BCUT2D eigenvalue weighted by molar-refractivity contribution is 7.99. The van der Waals surface area contributed by atoms with E-state index in [1.807, 2.05) is 54.5 Å². The molecule has 2 heterocycles. The molecule has 0 saturated heterocycles. The van der Waals surface area contributed by atoms with Gasteiger partial charge in [0.1, 0.15) is 5.75 Å². The summed E-state index contributed by atoms with van der Waals surface area (Å²) in [6.07, 6.45) is 4.46. The van der Waals surface area contributed by atoms with Crippen LogP contribution in [0.5, 0.6) is 5.75 Å². The number of phenolic OH excluding ortho intramolecular Hbond substituents is 1. The second-order valence-electron chi connectivity index (χ2n) is 5.67. The minimum Gasteiger partial charge on any atom is -0.508 e. The first-order valence-electron chi connectivity index (χ1n) is 7.82. The van der Waals surface area contributed by atoms with Gasteiger partial charge in [-0.3, -0.25) is 9.98 Å². The van der Waals surface area contributed by atoms with E-state index < -0.39 is 0 Å². The zero-order valence-electron chi connectivity index (χ0n) is 13.0. The van der Waals surface area contributed by atoms with Gasteiger partial charge in [-0.2, -0.15) is 0 Å². The maximum absolute atomic E-state index is 9.82. The normalized spacial score (nSPS) is 16.8. The fraction of sp³-hybridized carbons (Fsp3) is 0.100. The summed E-state index contributed by atoms with van der Waals surface area (Å²) in [7, 11) is 0. The largest absolute Gasteiger partial charge is 0.508 e. The van der Waals surface area contributed by atoms with E-state index in [2.05, 4.69) is 23.2 Å². The lowest BCUT2D eigenvalue weighted by atomic mass is 10.0. The van der Waals surface area contributed by atoms with Gasteiger partial charge >= 0.3 is 0 Å². The number of rotatable bonds is 2. The Balaban J connectivity index is 1.81. The zero-order chi connectivity index (χ0) is 16.4. The van der Waals surface area contributed by atoms with Crippen LogP contribution >= 0.6 is 11.8 Å². The monoisotopic (exact) mass is 332 g/mol. The number of aromatic hydroxyl groups is 1. The lowest BCUT2D eigenvalue weighted by Crippen LogP contribution is -2.05. The van der Waals surface area contributed by atoms with Crippen LogP contribution in [0.2, 0.25) is 0 Å². The van der Waals surface area contributed by atoms with Crippen molar-refractivity contribution >= 4 is 23.2 Å². The number of aromatic nitrogens is 1. The molecule has 3 nitrogen and oxygen atoms in total. The molecule has 0 spiro atoms. The molecule has 0 aliphatic carbocycles. The van der Waals surface area contributed by atoms with Gasteiger partial charge in [0.2, 0.25) is 0 Å². The molecule has 118 valence electrons. The standard InChI is InChI=1S/C20H16N2OS/c23-16-5-3-4-15(12-16)18-13-20(14-8-10-21-11-9-14)24-19-7-2-1-6-17(19)22-18/h1-12,20,23H,13H2. The molecule has 0 fully saturated rings. The summed E-state index contributed by atoms with van der Waals surface area (Å²) in [5.41, 5.74) is 4.17. The molecule has 4 rings (SSSR count). The number of benzene rings is 2. The van der Waals surface area contributed by atoms with Gasteiger partial charge in [-0.05, 0) is 47.5 Å². The first-order chi connectivity index (χ1) is 11.8. The van der Waals surface area contributed by atoms with E-state index in [0.717, 1.165) is 23.4 Å². The van der Waals surface area contributed by atoms with Gasteiger partial charge in [0.15, 0.2) is 0 Å². The molecule has 3 aromatic rings. The number of phenols is 1. The summed E-state index contributed by atoms with van der Waals surface area (Å²) < 4.78 is 0. The summed E-state index contributed by atoms with van der Waals surface area (Å²) in [6, 6.07) is 19.7. The Morgan fingerprint density at radius 2 is 1.79 bits per heavy atom. The number of fused-ring (bicyclic) bond motifs is 1. The predicted molar refractivity (Wildman–Crippen MR) is 98.2 cm³/mol. The molecule has 0 radical (unpaired) electrons. The topological polar surface area (TPSA) is 45.5 Å². The minimum atomic E-state index is 0.262. The molecule has 24 heavy (non-hydrogen) atoms. The maximum atomic E-state index is 9.82. The zero-order valence-corrected chi connectivity index (χ0v) is 13.8. The number of nitrogens with zero attached hydrogens (tertiary/aromatic N) is 2. The Hall–Kier alpha value is -2.59. The van der Waals surface area contributed by atoms with Crippen molar-refractivity contribution in [3.05, 3.63) is 84.2 Å². The third kappa shape index (κ3) is 3.05. The third-order valence-corrected chi connectivity index (χ3v) is 5.35. The molecule has 0 saturated carbocycles. The van der Waals surface area contributed by atoms with Crippen LogP contribution in [-0.2, 0) is 0 Å². The minimum absolute atomic E-state index is 0.262. The Morgan fingerprint density at radius 3 is 2.62 bits per heavy atom. The number of thioether (sulfide) groups is 1. The van der Waals surface area contributed by atoms with Gasteiger partial charge in [-0.1, -0.05) is 24.3 Å². The van der Waals surface area contributed by atoms with Crippen molar-refractivity contribution in [3.63, 3.8) is 0 Å². The molecule has 2 aromatic carbocycles. The Kier molecular flexibility index (Phi) is 4.05. The fourth-order valence-electron chi connectivity index (χ4n) is 2.84. The van der Waals surface area contributed by atoms with Crippen LogP contribution in [0.15, 0.2) is 82.9 Å². The average molecular weight is 332 g/mol. The highest BCUT2D eigenvalue weighted by atomic mass is 32.2. The van der Waals surface area contributed by atoms with Crippen LogP contribution in [0, 0.1) is 0 Å². The average Bonchev–Trinajstić information content (AvgIpc) is 2.82. The van der Waals surface area contributed by atoms with E-state index in [-0.39, 0.29) is 11.0 Å². The molecular formula is C20H16N2OS. The van der Waals surface area contributed by atoms with Crippen molar-refractivity contribution in [1.29, 1.82) is 0 Å². The smallest absolute Gasteiger partial charge is 0.116 e.